The summed E-state index contributed by atoms with van der Waals surface area (Å²) in [5.41, 5.74) is 0.477. The third-order valence-corrected chi connectivity index (χ3v) is 9.54. The van der Waals surface area contributed by atoms with E-state index in [1.54, 1.807) is 0 Å². The van der Waals surface area contributed by atoms with Crippen molar-refractivity contribution in [2.45, 2.75) is 89.8 Å². The Labute approximate surface area is 150 Å². The molecule has 138 valence electrons. The number of hydrogen-bond donors (Lipinski definition) is 0. The van der Waals surface area contributed by atoms with E-state index in [2.05, 4.69) is 13.8 Å². The van der Waals surface area contributed by atoms with Crippen LogP contribution in [0.25, 0.3) is 0 Å². The minimum Gasteiger partial charge on any atom is -0.430 e. The summed E-state index contributed by atoms with van der Waals surface area (Å²) < 4.78 is 17.7. The molecule has 25 heavy (non-hydrogen) atoms. The summed E-state index contributed by atoms with van der Waals surface area (Å²) in [5, 5.41) is 0. The number of hydrogen-bond acceptors (Lipinski definition) is 4. The standard InChI is InChI=1S/C21H30O4/c1-11(22)24-21-18(25-21)9-15-13-5-4-12-8-16-17(23-16)10-19(12,2)14(13)6-7-20(15,21)3/h12-18H,4-10H2,1-3H3/t12-,13+,14+,15-,16-,17+,18+,19-,20-,21+/m0/s1. The summed E-state index contributed by atoms with van der Waals surface area (Å²) in [5.74, 6) is 2.33. The Bertz CT molecular complexity index is 648. The Hall–Kier alpha value is -0.610. The monoisotopic (exact) mass is 346 g/mol. The summed E-state index contributed by atoms with van der Waals surface area (Å²) in [7, 11) is 0. The first-order chi connectivity index (χ1) is 11.9. The zero-order valence-electron chi connectivity index (χ0n) is 15.6. The molecule has 0 aromatic carbocycles. The largest absolute Gasteiger partial charge is 0.430 e. The number of carbonyl (C=O) groups is 1. The van der Waals surface area contributed by atoms with Crippen molar-refractivity contribution in [3.05, 3.63) is 0 Å². The van der Waals surface area contributed by atoms with E-state index in [0.717, 1.165) is 30.6 Å². The number of epoxide rings is 2. The predicted molar refractivity (Wildman–Crippen MR) is 90.5 cm³/mol. The second-order valence-electron chi connectivity index (χ2n) is 10.4. The molecule has 2 aliphatic heterocycles. The maximum atomic E-state index is 11.7. The fourth-order valence-electron chi connectivity index (χ4n) is 8.24. The van der Waals surface area contributed by atoms with Gasteiger partial charge in [-0.1, -0.05) is 13.8 Å². The van der Waals surface area contributed by atoms with Crippen LogP contribution in [-0.4, -0.2) is 30.1 Å². The van der Waals surface area contributed by atoms with Crippen LogP contribution in [0.4, 0.5) is 0 Å². The third kappa shape index (κ3) is 1.74. The maximum absolute atomic E-state index is 11.7. The van der Waals surface area contributed by atoms with Gasteiger partial charge in [-0.3, -0.25) is 4.79 Å². The number of fused-ring (bicyclic) bond motifs is 8. The first kappa shape index (κ1) is 15.4. The fourth-order valence-corrected chi connectivity index (χ4v) is 8.24. The Balaban J connectivity index is 1.32. The SMILES string of the molecule is CC(=O)O[C@@]12O[C@@H]1C[C@H]1[C@@H]3CC[C@H]4C[C@@H]5O[C@@H]5C[C@]4(C)[C@@H]3CC[C@@]12C. The van der Waals surface area contributed by atoms with Crippen LogP contribution in [0.5, 0.6) is 0 Å². The molecule has 0 spiro atoms. The highest BCUT2D eigenvalue weighted by Gasteiger charge is 2.80. The van der Waals surface area contributed by atoms with E-state index in [9.17, 15) is 4.79 Å². The molecule has 0 radical (unpaired) electrons. The first-order valence-corrected chi connectivity index (χ1v) is 10.4. The molecule has 0 aromatic rings. The number of carbonyl (C=O) groups excluding carboxylic acids is 1. The quantitative estimate of drug-likeness (QED) is 0.537. The summed E-state index contributed by atoms with van der Waals surface area (Å²) in [6.07, 6.45) is 10.1. The molecule has 4 nitrogen and oxygen atoms in total. The topological polar surface area (TPSA) is 51.4 Å². The number of rotatable bonds is 1. The molecule has 4 saturated carbocycles. The molecular weight excluding hydrogens is 316 g/mol. The highest BCUT2D eigenvalue weighted by Crippen LogP contribution is 2.74. The zero-order valence-corrected chi connectivity index (χ0v) is 15.6. The van der Waals surface area contributed by atoms with Crippen molar-refractivity contribution in [2.75, 3.05) is 0 Å². The molecule has 4 heteroatoms. The summed E-state index contributed by atoms with van der Waals surface area (Å²) in [6, 6.07) is 0. The fraction of sp³-hybridized carbons (Fsp3) is 0.952. The van der Waals surface area contributed by atoms with Gasteiger partial charge in [0.25, 0.3) is 0 Å². The van der Waals surface area contributed by atoms with Crippen LogP contribution in [0.2, 0.25) is 0 Å². The van der Waals surface area contributed by atoms with Crippen LogP contribution >= 0.6 is 0 Å². The molecule has 0 N–H and O–H groups in total. The average molecular weight is 346 g/mol. The van der Waals surface area contributed by atoms with Gasteiger partial charge >= 0.3 is 5.97 Å². The smallest absolute Gasteiger partial charge is 0.305 e. The molecule has 0 bridgehead atoms. The van der Waals surface area contributed by atoms with Gasteiger partial charge in [-0.25, -0.2) is 0 Å². The molecule has 6 aliphatic rings. The van der Waals surface area contributed by atoms with Gasteiger partial charge in [0.15, 0.2) is 0 Å². The van der Waals surface area contributed by atoms with Crippen LogP contribution in [-0.2, 0) is 19.0 Å². The normalized spacial score (nSPS) is 63.4. The van der Waals surface area contributed by atoms with Crippen molar-refractivity contribution in [3.8, 4) is 0 Å². The molecule has 0 amide bonds. The summed E-state index contributed by atoms with van der Waals surface area (Å²) in [4.78, 5) is 11.7. The van der Waals surface area contributed by atoms with Gasteiger partial charge in [0, 0.05) is 12.3 Å². The van der Waals surface area contributed by atoms with Crippen molar-refractivity contribution < 1.29 is 19.0 Å². The van der Waals surface area contributed by atoms with Gasteiger partial charge in [0.2, 0.25) is 5.79 Å². The van der Waals surface area contributed by atoms with Gasteiger partial charge in [0.1, 0.15) is 6.10 Å². The van der Waals surface area contributed by atoms with Crippen molar-refractivity contribution >= 4 is 5.97 Å². The number of ether oxygens (including phenoxy) is 3. The predicted octanol–water partition coefficient (Wildman–Crippen LogP) is 3.67. The lowest BCUT2D eigenvalue weighted by Crippen LogP contribution is -2.56. The molecule has 6 fully saturated rings. The molecule has 0 unspecified atom stereocenters. The minimum atomic E-state index is -0.594. The first-order valence-electron chi connectivity index (χ1n) is 10.4. The lowest BCUT2D eigenvalue weighted by Gasteiger charge is -2.60. The Morgan fingerprint density at radius 3 is 2.72 bits per heavy atom. The van der Waals surface area contributed by atoms with Gasteiger partial charge in [-0.05, 0) is 74.0 Å². The lowest BCUT2D eigenvalue weighted by atomic mass is 9.45. The average Bonchev–Trinajstić information content (AvgIpc) is 3.42. The van der Waals surface area contributed by atoms with Crippen molar-refractivity contribution in [2.24, 2.45) is 34.5 Å². The minimum absolute atomic E-state index is 0.0149. The molecule has 0 aromatic heterocycles. The number of esters is 1. The molecule has 2 saturated heterocycles. The van der Waals surface area contributed by atoms with Crippen LogP contribution in [0.3, 0.4) is 0 Å². The van der Waals surface area contributed by atoms with E-state index in [-0.39, 0.29) is 17.5 Å². The Morgan fingerprint density at radius 1 is 1.08 bits per heavy atom. The van der Waals surface area contributed by atoms with Crippen molar-refractivity contribution in [1.82, 2.24) is 0 Å². The van der Waals surface area contributed by atoms with Gasteiger partial charge < -0.3 is 14.2 Å². The van der Waals surface area contributed by atoms with E-state index in [1.807, 2.05) is 0 Å². The van der Waals surface area contributed by atoms with Crippen LogP contribution in [0.1, 0.15) is 65.7 Å². The van der Waals surface area contributed by atoms with Gasteiger partial charge in [-0.2, -0.15) is 0 Å². The van der Waals surface area contributed by atoms with E-state index in [0.29, 0.717) is 23.5 Å². The maximum Gasteiger partial charge on any atom is 0.305 e. The van der Waals surface area contributed by atoms with E-state index in [4.69, 9.17) is 14.2 Å². The second-order valence-corrected chi connectivity index (χ2v) is 10.4. The molecule has 10 atom stereocenters. The molecule has 4 aliphatic carbocycles. The molecular formula is C21H30O4. The molecule has 6 rings (SSSR count). The highest BCUT2D eigenvalue weighted by molar-refractivity contribution is 5.67. The van der Waals surface area contributed by atoms with Crippen LogP contribution < -0.4 is 0 Å². The summed E-state index contributed by atoms with van der Waals surface area (Å²) >= 11 is 0. The van der Waals surface area contributed by atoms with Gasteiger partial charge in [-0.15, -0.1) is 0 Å². The third-order valence-electron chi connectivity index (χ3n) is 9.54. The van der Waals surface area contributed by atoms with Crippen molar-refractivity contribution in [1.29, 1.82) is 0 Å². The second kappa shape index (κ2) is 4.44. The van der Waals surface area contributed by atoms with Crippen LogP contribution in [0.15, 0.2) is 0 Å². The van der Waals surface area contributed by atoms with E-state index >= 15 is 0 Å². The van der Waals surface area contributed by atoms with Gasteiger partial charge in [0.05, 0.1) is 12.2 Å². The Morgan fingerprint density at radius 2 is 1.92 bits per heavy atom. The molecule has 2 heterocycles. The zero-order chi connectivity index (χ0) is 17.2. The van der Waals surface area contributed by atoms with E-state index in [1.165, 1.54) is 39.0 Å². The Kier molecular flexibility index (Phi) is 2.74. The van der Waals surface area contributed by atoms with Crippen molar-refractivity contribution in [3.63, 3.8) is 0 Å². The van der Waals surface area contributed by atoms with E-state index < -0.39 is 5.79 Å². The highest BCUT2D eigenvalue weighted by atomic mass is 16.8. The lowest BCUT2D eigenvalue weighted by molar-refractivity contribution is -0.198. The summed E-state index contributed by atoms with van der Waals surface area (Å²) in [6.45, 7) is 6.44. The van der Waals surface area contributed by atoms with Crippen LogP contribution in [0, 0.1) is 34.5 Å².